The normalized spacial score (nSPS) is 12.3. The first-order chi connectivity index (χ1) is 21.9. The highest BCUT2D eigenvalue weighted by Crippen LogP contribution is 2.40. The van der Waals surface area contributed by atoms with E-state index in [9.17, 15) is 5.26 Å². The first kappa shape index (κ1) is 25.7. The maximum atomic E-state index is 9.62. The highest BCUT2D eigenvalue weighted by atomic mass is 16.3. The molecule has 0 fully saturated rings. The van der Waals surface area contributed by atoms with E-state index in [2.05, 4.69) is 133 Å². The molecule has 45 heavy (non-hydrogen) atoms. The minimum Gasteiger partial charge on any atom is -0.456 e. The van der Waals surface area contributed by atoms with Gasteiger partial charge in [0.1, 0.15) is 11.2 Å². The molecule has 214 valence electrons. The molecule has 0 bridgehead atoms. The van der Waals surface area contributed by atoms with Gasteiger partial charge < -0.3 is 13.6 Å². The van der Waals surface area contributed by atoms with Crippen LogP contribution in [0.2, 0.25) is 0 Å². The summed E-state index contributed by atoms with van der Waals surface area (Å²) in [5.41, 5.74) is 10.5. The Kier molecular flexibility index (Phi) is 5.20. The molecule has 0 radical (unpaired) electrons. The second kappa shape index (κ2) is 9.11. The molecule has 0 spiro atoms. The Labute approximate surface area is 259 Å². The maximum absolute atomic E-state index is 9.62. The molecule has 0 atom stereocenters. The maximum Gasteiger partial charge on any atom is 0.135 e. The molecule has 0 N–H and O–H groups in total. The zero-order chi connectivity index (χ0) is 30.4. The van der Waals surface area contributed by atoms with Gasteiger partial charge in [-0.3, -0.25) is 0 Å². The molecule has 0 unspecified atom stereocenters. The van der Waals surface area contributed by atoms with E-state index in [1.54, 1.807) is 0 Å². The number of nitrogens with zero attached hydrogens (tertiary/aromatic N) is 3. The zero-order valence-corrected chi connectivity index (χ0v) is 25.3. The van der Waals surface area contributed by atoms with Crippen molar-refractivity contribution in [3.8, 4) is 17.4 Å². The summed E-state index contributed by atoms with van der Waals surface area (Å²) in [6.45, 7) is 6.80. The van der Waals surface area contributed by atoms with Gasteiger partial charge in [0.25, 0.3) is 0 Å². The van der Waals surface area contributed by atoms with Gasteiger partial charge >= 0.3 is 0 Å². The molecule has 9 rings (SSSR count). The van der Waals surface area contributed by atoms with Gasteiger partial charge in [-0.15, -0.1) is 0 Å². The lowest BCUT2D eigenvalue weighted by Crippen LogP contribution is -2.10. The third-order valence-electron chi connectivity index (χ3n) is 9.29. The molecule has 9 aromatic rings. The van der Waals surface area contributed by atoms with Gasteiger partial charge in [0.05, 0.1) is 33.7 Å². The highest BCUT2D eigenvalue weighted by molar-refractivity contribution is 6.13. The van der Waals surface area contributed by atoms with E-state index in [0.29, 0.717) is 5.56 Å². The monoisotopic (exact) mass is 579 g/mol. The van der Waals surface area contributed by atoms with E-state index in [0.717, 1.165) is 60.6 Å². The standard InChI is InChI=1S/C41H29N3O/c1-41(2,3)26-13-17-37-32(21-26)33-22-27(43-35-10-6-4-8-29(35)31-20-25(24-42)12-16-36(31)43)14-18-38(33)44(37)28-15-19-40-34(23-28)30-9-5-7-11-39(30)45-40/h4-23H,1-3H3. The molecule has 4 heteroatoms. The quantitative estimate of drug-likeness (QED) is 0.204. The largest absolute Gasteiger partial charge is 0.456 e. The summed E-state index contributed by atoms with van der Waals surface area (Å²) in [4.78, 5) is 0. The average molecular weight is 580 g/mol. The van der Waals surface area contributed by atoms with Crippen molar-refractivity contribution in [2.24, 2.45) is 0 Å². The summed E-state index contributed by atoms with van der Waals surface area (Å²) in [5, 5.41) is 16.5. The molecule has 0 aliphatic rings. The van der Waals surface area contributed by atoms with Crippen LogP contribution in [-0.4, -0.2) is 9.13 Å². The van der Waals surface area contributed by atoms with Crippen LogP contribution >= 0.6 is 0 Å². The number of nitriles is 1. The molecule has 6 aromatic carbocycles. The van der Waals surface area contributed by atoms with Crippen LogP contribution < -0.4 is 0 Å². The predicted molar refractivity (Wildman–Crippen MR) is 186 cm³/mol. The fraction of sp³-hybridized carbons (Fsp3) is 0.0976. The molecule has 0 amide bonds. The van der Waals surface area contributed by atoms with Crippen molar-refractivity contribution in [1.82, 2.24) is 9.13 Å². The Morgan fingerprint density at radius 3 is 1.82 bits per heavy atom. The Balaban J connectivity index is 1.36. The van der Waals surface area contributed by atoms with Gasteiger partial charge in [0.15, 0.2) is 0 Å². The second-order valence-corrected chi connectivity index (χ2v) is 13.0. The van der Waals surface area contributed by atoms with E-state index in [4.69, 9.17) is 4.42 Å². The lowest BCUT2D eigenvalue weighted by Gasteiger charge is -2.19. The molecule has 3 aromatic heterocycles. The summed E-state index contributed by atoms with van der Waals surface area (Å²) in [6, 6.07) is 45.2. The Hall–Kier alpha value is -5.79. The zero-order valence-electron chi connectivity index (χ0n) is 25.3. The molecule has 3 heterocycles. The van der Waals surface area contributed by atoms with Crippen molar-refractivity contribution in [3.63, 3.8) is 0 Å². The van der Waals surface area contributed by atoms with Crippen LogP contribution in [0.25, 0.3) is 76.9 Å². The first-order valence-electron chi connectivity index (χ1n) is 15.3. The number of rotatable bonds is 2. The number of furan rings is 1. The first-order valence-corrected chi connectivity index (χ1v) is 15.3. The van der Waals surface area contributed by atoms with Crippen molar-refractivity contribution < 1.29 is 4.42 Å². The summed E-state index contributed by atoms with van der Waals surface area (Å²) in [7, 11) is 0. The van der Waals surface area contributed by atoms with Crippen molar-refractivity contribution in [1.29, 1.82) is 5.26 Å². The molecule has 4 nitrogen and oxygen atoms in total. The third kappa shape index (κ3) is 3.71. The van der Waals surface area contributed by atoms with Gasteiger partial charge in [0.2, 0.25) is 0 Å². The fourth-order valence-corrected chi connectivity index (χ4v) is 7.07. The molecular formula is C41H29N3O. The van der Waals surface area contributed by atoms with Crippen molar-refractivity contribution in [2.45, 2.75) is 26.2 Å². The van der Waals surface area contributed by atoms with E-state index in [1.807, 2.05) is 24.3 Å². The Morgan fingerprint density at radius 2 is 1.07 bits per heavy atom. The van der Waals surface area contributed by atoms with Crippen LogP contribution in [-0.2, 0) is 5.41 Å². The smallest absolute Gasteiger partial charge is 0.135 e. The molecule has 0 aliphatic carbocycles. The van der Waals surface area contributed by atoms with Crippen LogP contribution in [0.3, 0.4) is 0 Å². The van der Waals surface area contributed by atoms with Gasteiger partial charge in [-0.1, -0.05) is 63.2 Å². The number of fused-ring (bicyclic) bond motifs is 9. The lowest BCUT2D eigenvalue weighted by molar-refractivity contribution is 0.591. The fourth-order valence-electron chi connectivity index (χ4n) is 7.07. The van der Waals surface area contributed by atoms with Gasteiger partial charge in [-0.25, -0.2) is 0 Å². The topological polar surface area (TPSA) is 46.8 Å². The Bertz CT molecular complexity index is 2700. The van der Waals surface area contributed by atoms with Gasteiger partial charge in [-0.05, 0) is 89.8 Å². The van der Waals surface area contributed by atoms with Crippen molar-refractivity contribution >= 4 is 65.6 Å². The van der Waals surface area contributed by atoms with Gasteiger partial charge in [-0.2, -0.15) is 5.26 Å². The van der Waals surface area contributed by atoms with Crippen LogP contribution in [0.4, 0.5) is 0 Å². The van der Waals surface area contributed by atoms with Crippen LogP contribution in [0.1, 0.15) is 31.9 Å². The average Bonchev–Trinajstić information content (AvgIpc) is 3.70. The number of hydrogen-bond donors (Lipinski definition) is 0. The van der Waals surface area contributed by atoms with E-state index in [1.165, 1.54) is 21.9 Å². The molecule has 0 saturated heterocycles. The summed E-state index contributed by atoms with van der Waals surface area (Å²) < 4.78 is 10.9. The molecule has 0 saturated carbocycles. The number of para-hydroxylation sites is 2. The second-order valence-electron chi connectivity index (χ2n) is 13.0. The number of hydrogen-bond acceptors (Lipinski definition) is 2. The minimum absolute atomic E-state index is 0.0140. The number of aromatic nitrogens is 2. The Morgan fingerprint density at radius 1 is 0.511 bits per heavy atom. The number of benzene rings is 6. The molecule has 0 aliphatic heterocycles. The lowest BCUT2D eigenvalue weighted by atomic mass is 9.86. The SMILES string of the molecule is CC(C)(C)c1ccc2c(c1)c1cc(-n3c4ccccc4c4cc(C#N)ccc43)ccc1n2-c1ccc2oc3ccccc3c2c1. The van der Waals surface area contributed by atoms with Gasteiger partial charge in [0, 0.05) is 43.7 Å². The van der Waals surface area contributed by atoms with Crippen molar-refractivity contribution in [3.05, 3.63) is 132 Å². The van der Waals surface area contributed by atoms with E-state index < -0.39 is 0 Å². The summed E-state index contributed by atoms with van der Waals surface area (Å²) >= 11 is 0. The third-order valence-corrected chi connectivity index (χ3v) is 9.29. The van der Waals surface area contributed by atoms with E-state index in [-0.39, 0.29) is 5.41 Å². The highest BCUT2D eigenvalue weighted by Gasteiger charge is 2.20. The summed E-state index contributed by atoms with van der Waals surface area (Å²) in [5.74, 6) is 0. The molecular weight excluding hydrogens is 550 g/mol. The van der Waals surface area contributed by atoms with Crippen LogP contribution in [0.5, 0.6) is 0 Å². The van der Waals surface area contributed by atoms with E-state index >= 15 is 0 Å². The minimum atomic E-state index is 0.0140. The van der Waals surface area contributed by atoms with Crippen molar-refractivity contribution in [2.75, 3.05) is 0 Å². The van der Waals surface area contributed by atoms with Crippen LogP contribution in [0, 0.1) is 11.3 Å². The van der Waals surface area contributed by atoms with Crippen LogP contribution in [0.15, 0.2) is 126 Å². The predicted octanol–water partition coefficient (Wildman–Crippen LogP) is 10.9. The summed E-state index contributed by atoms with van der Waals surface area (Å²) in [6.07, 6.45) is 0.